The molecule has 0 spiro atoms. The molecule has 4 aliphatic carbocycles. The number of rotatable bonds is 0. The van der Waals surface area contributed by atoms with Gasteiger partial charge in [-0.2, -0.15) is 0 Å². The molecule has 0 aromatic carbocycles. The van der Waals surface area contributed by atoms with Crippen LogP contribution >= 0.6 is 0 Å². The van der Waals surface area contributed by atoms with E-state index >= 15 is 0 Å². The first-order chi connectivity index (χ1) is 11.3. The first-order valence-electron chi connectivity index (χ1n) is 9.60. The molecular weight excluding hydrogens is 302 g/mol. The van der Waals surface area contributed by atoms with Crippen molar-refractivity contribution in [1.29, 1.82) is 0 Å². The quantitative estimate of drug-likeness (QED) is 0.541. The molecule has 0 aliphatic heterocycles. The van der Waals surface area contributed by atoms with Crippen LogP contribution in [0.1, 0.15) is 65.7 Å². The summed E-state index contributed by atoms with van der Waals surface area (Å²) in [5.41, 5.74) is 0.693. The largest absolute Gasteiger partial charge is 0.411 e. The second kappa shape index (κ2) is 5.15. The molecule has 4 heteroatoms. The Kier molecular flexibility index (Phi) is 3.50. The Bertz CT molecular complexity index is 626. The third-order valence-corrected chi connectivity index (χ3v) is 8.58. The highest BCUT2D eigenvalue weighted by Crippen LogP contribution is 2.65. The van der Waals surface area contributed by atoms with Crippen LogP contribution in [0.25, 0.3) is 0 Å². The summed E-state index contributed by atoms with van der Waals surface area (Å²) in [6, 6.07) is 0. The molecule has 1 unspecified atom stereocenters. The van der Waals surface area contributed by atoms with Gasteiger partial charge in [0.05, 0.1) is 5.71 Å². The third-order valence-electron chi connectivity index (χ3n) is 8.58. The fourth-order valence-corrected chi connectivity index (χ4v) is 7.14. The molecule has 0 radical (unpaired) electrons. The summed E-state index contributed by atoms with van der Waals surface area (Å²) in [6.45, 7) is 6.66. The first kappa shape index (κ1) is 16.3. The maximum Gasteiger partial charge on any atom is 0.139 e. The maximum absolute atomic E-state index is 12.5. The smallest absolute Gasteiger partial charge is 0.139 e. The van der Waals surface area contributed by atoms with Gasteiger partial charge in [0, 0.05) is 36.5 Å². The van der Waals surface area contributed by atoms with Gasteiger partial charge in [0.2, 0.25) is 0 Å². The van der Waals surface area contributed by atoms with Crippen molar-refractivity contribution in [3.63, 3.8) is 0 Å². The molecule has 0 heterocycles. The molecule has 4 saturated carbocycles. The highest BCUT2D eigenvalue weighted by Gasteiger charge is 2.63. The van der Waals surface area contributed by atoms with Crippen LogP contribution in [-0.4, -0.2) is 22.5 Å². The summed E-state index contributed by atoms with van der Waals surface area (Å²) in [4.78, 5) is 24.6. The standard InChI is InChI=1S/C20H29NO3/c1-11-17-13-4-5-16(23)20(13,3)9-7-14(17)19(2)8-6-12(22)10-15(19)18(11)21-24/h11,13-15,17,24H,4-10H2,1-3H3/b21-18+/t11-,13-,14-,15?,17-,19+,20-/m0/s1. The molecule has 0 aromatic rings. The van der Waals surface area contributed by atoms with Crippen molar-refractivity contribution in [1.82, 2.24) is 0 Å². The van der Waals surface area contributed by atoms with Gasteiger partial charge >= 0.3 is 0 Å². The van der Waals surface area contributed by atoms with Crippen LogP contribution < -0.4 is 0 Å². The van der Waals surface area contributed by atoms with Crippen molar-refractivity contribution in [3.05, 3.63) is 0 Å². The lowest BCUT2D eigenvalue weighted by atomic mass is 9.42. The van der Waals surface area contributed by atoms with E-state index in [2.05, 4.69) is 25.9 Å². The van der Waals surface area contributed by atoms with E-state index in [-0.39, 0.29) is 22.7 Å². The Morgan fingerprint density at radius 2 is 1.83 bits per heavy atom. The highest BCUT2D eigenvalue weighted by molar-refractivity contribution is 5.95. The molecule has 4 nitrogen and oxygen atoms in total. The number of Topliss-reactive ketones (excluding diaryl/α,β-unsaturated/α-hetero) is 2. The van der Waals surface area contributed by atoms with Crippen LogP contribution in [0, 0.1) is 40.4 Å². The Morgan fingerprint density at radius 1 is 1.08 bits per heavy atom. The fourth-order valence-electron chi connectivity index (χ4n) is 7.14. The summed E-state index contributed by atoms with van der Waals surface area (Å²) < 4.78 is 0. The fraction of sp³-hybridized carbons (Fsp3) is 0.850. The summed E-state index contributed by atoms with van der Waals surface area (Å²) in [7, 11) is 0. The van der Waals surface area contributed by atoms with Gasteiger partial charge in [-0.3, -0.25) is 9.59 Å². The van der Waals surface area contributed by atoms with Crippen molar-refractivity contribution >= 4 is 17.3 Å². The number of ketones is 2. The molecular formula is C20H29NO3. The molecule has 7 atom stereocenters. The van der Waals surface area contributed by atoms with E-state index in [1.165, 1.54) is 0 Å². The van der Waals surface area contributed by atoms with Crippen LogP contribution in [0.2, 0.25) is 0 Å². The summed E-state index contributed by atoms with van der Waals surface area (Å²) >= 11 is 0. The summed E-state index contributed by atoms with van der Waals surface area (Å²) in [6.07, 6.45) is 5.86. The molecule has 0 aromatic heterocycles. The zero-order chi connectivity index (χ0) is 17.3. The molecule has 0 saturated heterocycles. The lowest BCUT2D eigenvalue weighted by Gasteiger charge is -2.61. The van der Waals surface area contributed by atoms with E-state index in [1.54, 1.807) is 0 Å². The zero-order valence-electron chi connectivity index (χ0n) is 15.0. The van der Waals surface area contributed by atoms with E-state index < -0.39 is 0 Å². The zero-order valence-corrected chi connectivity index (χ0v) is 15.0. The number of carbonyl (C=O) groups is 2. The van der Waals surface area contributed by atoms with Gasteiger partial charge in [-0.1, -0.05) is 25.9 Å². The molecule has 4 aliphatic rings. The highest BCUT2D eigenvalue weighted by atomic mass is 16.4. The van der Waals surface area contributed by atoms with Crippen molar-refractivity contribution in [2.24, 2.45) is 45.6 Å². The van der Waals surface area contributed by atoms with E-state index in [4.69, 9.17) is 0 Å². The minimum atomic E-state index is -0.177. The average Bonchev–Trinajstić information content (AvgIpc) is 2.85. The number of carbonyl (C=O) groups excluding carboxylic acids is 2. The van der Waals surface area contributed by atoms with Crippen molar-refractivity contribution < 1.29 is 14.8 Å². The van der Waals surface area contributed by atoms with Crippen LogP contribution in [0.5, 0.6) is 0 Å². The topological polar surface area (TPSA) is 66.7 Å². The van der Waals surface area contributed by atoms with E-state index in [9.17, 15) is 14.8 Å². The second-order valence-corrected chi connectivity index (χ2v) is 9.32. The van der Waals surface area contributed by atoms with Gasteiger partial charge in [0.25, 0.3) is 0 Å². The number of hydrogen-bond donors (Lipinski definition) is 1. The van der Waals surface area contributed by atoms with Crippen molar-refractivity contribution in [2.45, 2.75) is 65.7 Å². The third kappa shape index (κ3) is 1.89. The van der Waals surface area contributed by atoms with Gasteiger partial charge < -0.3 is 5.21 Å². The van der Waals surface area contributed by atoms with Crippen LogP contribution in [0.3, 0.4) is 0 Å². The van der Waals surface area contributed by atoms with Gasteiger partial charge in [-0.15, -0.1) is 0 Å². The normalized spacial score (nSPS) is 52.8. The number of nitrogens with zero attached hydrogens (tertiary/aromatic N) is 1. The van der Waals surface area contributed by atoms with E-state index in [0.717, 1.165) is 31.4 Å². The maximum atomic E-state index is 12.5. The Labute approximate surface area is 144 Å². The van der Waals surface area contributed by atoms with E-state index in [1.807, 2.05) is 0 Å². The number of oxime groups is 1. The summed E-state index contributed by atoms with van der Waals surface area (Å²) in [5.74, 6) is 2.36. The lowest BCUT2D eigenvalue weighted by molar-refractivity contribution is -0.138. The average molecular weight is 331 g/mol. The summed E-state index contributed by atoms with van der Waals surface area (Å²) in [5, 5.41) is 13.5. The van der Waals surface area contributed by atoms with Crippen molar-refractivity contribution in [2.75, 3.05) is 0 Å². The molecule has 4 fully saturated rings. The van der Waals surface area contributed by atoms with Crippen molar-refractivity contribution in [3.8, 4) is 0 Å². The predicted molar refractivity (Wildman–Crippen MR) is 90.9 cm³/mol. The van der Waals surface area contributed by atoms with Gasteiger partial charge in [-0.25, -0.2) is 0 Å². The SMILES string of the molecule is C[C@@H]1/C(=N\O)C2CC(=O)CC[C@]2(C)[C@H]2CC[C@]3(C)C(=O)CC[C@H]3[C@H]12. The van der Waals surface area contributed by atoms with Crippen LogP contribution in [0.4, 0.5) is 0 Å². The van der Waals surface area contributed by atoms with Crippen LogP contribution in [0.15, 0.2) is 5.16 Å². The van der Waals surface area contributed by atoms with Crippen LogP contribution in [-0.2, 0) is 9.59 Å². The lowest BCUT2D eigenvalue weighted by Crippen LogP contribution is -2.59. The Balaban J connectivity index is 1.79. The minimum absolute atomic E-state index is 0.0413. The Hall–Kier alpha value is -1.19. The second-order valence-electron chi connectivity index (χ2n) is 9.32. The number of hydrogen-bond acceptors (Lipinski definition) is 4. The minimum Gasteiger partial charge on any atom is -0.411 e. The molecule has 0 amide bonds. The van der Waals surface area contributed by atoms with Gasteiger partial charge in [0.15, 0.2) is 0 Å². The molecule has 4 rings (SSSR count). The van der Waals surface area contributed by atoms with E-state index in [0.29, 0.717) is 48.6 Å². The number of fused-ring (bicyclic) bond motifs is 5. The monoisotopic (exact) mass is 331 g/mol. The molecule has 132 valence electrons. The van der Waals surface area contributed by atoms with Gasteiger partial charge in [0.1, 0.15) is 11.6 Å². The predicted octanol–water partition coefficient (Wildman–Crippen LogP) is 3.85. The molecule has 0 bridgehead atoms. The van der Waals surface area contributed by atoms with Gasteiger partial charge in [-0.05, 0) is 48.9 Å². The molecule has 24 heavy (non-hydrogen) atoms. The first-order valence-corrected chi connectivity index (χ1v) is 9.60. The Morgan fingerprint density at radius 3 is 2.54 bits per heavy atom. The molecule has 1 N–H and O–H groups in total.